The molecule has 27 heavy (non-hydrogen) atoms. The Kier molecular flexibility index (Phi) is 5.22. The first-order chi connectivity index (χ1) is 13.0. The number of ether oxygens (including phenoxy) is 2. The summed E-state index contributed by atoms with van der Waals surface area (Å²) in [5.74, 6) is 0.524. The quantitative estimate of drug-likeness (QED) is 0.879. The van der Waals surface area contributed by atoms with Crippen molar-refractivity contribution in [2.45, 2.75) is 39.2 Å². The van der Waals surface area contributed by atoms with Crippen LogP contribution in [0.4, 0.5) is 0 Å². The van der Waals surface area contributed by atoms with Gasteiger partial charge in [0.05, 0.1) is 18.6 Å². The topological polar surface area (TPSA) is 90.3 Å². The molecule has 0 spiro atoms. The van der Waals surface area contributed by atoms with Gasteiger partial charge < -0.3 is 19.8 Å². The van der Waals surface area contributed by atoms with E-state index in [0.717, 1.165) is 24.1 Å². The number of pyridine rings is 1. The Bertz CT molecular complexity index is 999. The summed E-state index contributed by atoms with van der Waals surface area (Å²) in [5.41, 5.74) is 8.24. The third kappa shape index (κ3) is 3.17. The Hall–Kier alpha value is -3.20. The molecule has 2 N–H and O–H groups in total. The smallest absolute Gasteiger partial charge is 0.258 e. The number of hydrogen-bond donors (Lipinski definition) is 1. The molecule has 0 saturated heterocycles. The summed E-state index contributed by atoms with van der Waals surface area (Å²) in [6.07, 6.45) is 1.67. The molecule has 3 rings (SSSR count). The summed E-state index contributed by atoms with van der Waals surface area (Å²) in [6, 6.07) is 11.3. The SMILES string of the molecule is CCCc1cc2c(c(=O)n1CC)C(c1cccc(OC)c1)C(C#N)=C(N)O2. The molecule has 140 valence electrons. The summed E-state index contributed by atoms with van der Waals surface area (Å²) >= 11 is 0. The zero-order valence-electron chi connectivity index (χ0n) is 15.8. The van der Waals surface area contributed by atoms with Crippen LogP contribution in [0.1, 0.15) is 43.0 Å². The molecule has 0 aliphatic carbocycles. The van der Waals surface area contributed by atoms with E-state index in [1.54, 1.807) is 11.7 Å². The molecule has 2 heterocycles. The van der Waals surface area contributed by atoms with Gasteiger partial charge in [-0.3, -0.25) is 4.79 Å². The summed E-state index contributed by atoms with van der Waals surface area (Å²) in [4.78, 5) is 13.3. The standard InChI is InChI=1S/C21H23N3O3/c1-4-7-14-11-17-19(21(25)24(14)5-2)18(16(12-22)20(23)27-17)13-8-6-9-15(10-13)26-3/h6,8-11,18H,4-5,7,23H2,1-3H3. The molecule has 0 saturated carbocycles. The predicted octanol–water partition coefficient (Wildman–Crippen LogP) is 3.05. The van der Waals surface area contributed by atoms with E-state index in [9.17, 15) is 10.1 Å². The Balaban J connectivity index is 2.31. The van der Waals surface area contributed by atoms with Gasteiger partial charge in [-0.15, -0.1) is 0 Å². The lowest BCUT2D eigenvalue weighted by Crippen LogP contribution is -2.33. The number of nitrogens with two attached hydrogens (primary N) is 1. The van der Waals surface area contributed by atoms with E-state index < -0.39 is 5.92 Å². The fraction of sp³-hybridized carbons (Fsp3) is 0.333. The van der Waals surface area contributed by atoms with Crippen LogP contribution in [0.15, 0.2) is 46.6 Å². The zero-order valence-corrected chi connectivity index (χ0v) is 15.8. The van der Waals surface area contributed by atoms with Crippen molar-refractivity contribution in [1.29, 1.82) is 5.26 Å². The van der Waals surface area contributed by atoms with Gasteiger partial charge in [0.1, 0.15) is 23.1 Å². The van der Waals surface area contributed by atoms with Gasteiger partial charge in [0.2, 0.25) is 5.88 Å². The number of allylic oxidation sites excluding steroid dienone is 1. The normalized spacial score (nSPS) is 15.7. The number of nitrogens with zero attached hydrogens (tertiary/aromatic N) is 2. The molecule has 1 aliphatic rings. The number of nitriles is 1. The van der Waals surface area contributed by atoms with Crippen LogP contribution < -0.4 is 20.8 Å². The van der Waals surface area contributed by atoms with Crippen LogP contribution in [-0.4, -0.2) is 11.7 Å². The highest BCUT2D eigenvalue weighted by atomic mass is 16.5. The monoisotopic (exact) mass is 365 g/mol. The minimum Gasteiger partial charge on any atom is -0.497 e. The molecule has 1 atom stereocenters. The Morgan fingerprint density at radius 2 is 2.11 bits per heavy atom. The van der Waals surface area contributed by atoms with Crippen molar-refractivity contribution in [3.8, 4) is 17.6 Å². The van der Waals surface area contributed by atoms with Crippen molar-refractivity contribution in [3.05, 3.63) is 69.0 Å². The van der Waals surface area contributed by atoms with E-state index in [4.69, 9.17) is 15.2 Å². The van der Waals surface area contributed by atoms with Gasteiger partial charge in [-0.1, -0.05) is 25.5 Å². The van der Waals surface area contributed by atoms with Gasteiger partial charge in [-0.05, 0) is 31.0 Å². The molecule has 0 fully saturated rings. The molecule has 2 aromatic rings. The van der Waals surface area contributed by atoms with Gasteiger partial charge in [0.25, 0.3) is 5.56 Å². The first-order valence-corrected chi connectivity index (χ1v) is 9.03. The first kappa shape index (κ1) is 18.6. The number of methoxy groups -OCH3 is 1. The zero-order chi connectivity index (χ0) is 19.6. The molecule has 1 aromatic heterocycles. The number of aromatic nitrogens is 1. The van der Waals surface area contributed by atoms with Crippen molar-refractivity contribution in [3.63, 3.8) is 0 Å². The lowest BCUT2D eigenvalue weighted by Gasteiger charge is -2.27. The van der Waals surface area contributed by atoms with Crippen LogP contribution >= 0.6 is 0 Å². The van der Waals surface area contributed by atoms with Crippen molar-refractivity contribution >= 4 is 0 Å². The number of benzene rings is 1. The average Bonchev–Trinajstić information content (AvgIpc) is 2.67. The highest BCUT2D eigenvalue weighted by Gasteiger charge is 2.34. The number of fused-ring (bicyclic) bond motifs is 1. The van der Waals surface area contributed by atoms with Gasteiger partial charge >= 0.3 is 0 Å². The maximum atomic E-state index is 13.3. The molecule has 0 bridgehead atoms. The van der Waals surface area contributed by atoms with Crippen LogP contribution in [0.2, 0.25) is 0 Å². The maximum Gasteiger partial charge on any atom is 0.258 e. The Morgan fingerprint density at radius 3 is 2.74 bits per heavy atom. The van der Waals surface area contributed by atoms with E-state index in [1.807, 2.05) is 37.3 Å². The van der Waals surface area contributed by atoms with Gasteiger partial charge in [0, 0.05) is 18.3 Å². The number of aryl methyl sites for hydroxylation is 1. The number of hydrogen-bond acceptors (Lipinski definition) is 5. The average molecular weight is 365 g/mol. The second-order valence-corrected chi connectivity index (χ2v) is 6.41. The molecule has 1 aromatic carbocycles. The second kappa shape index (κ2) is 7.58. The Labute approximate surface area is 158 Å². The second-order valence-electron chi connectivity index (χ2n) is 6.41. The lowest BCUT2D eigenvalue weighted by molar-refractivity contribution is 0.387. The largest absolute Gasteiger partial charge is 0.497 e. The highest BCUT2D eigenvalue weighted by molar-refractivity contribution is 5.56. The van der Waals surface area contributed by atoms with Gasteiger partial charge in [-0.2, -0.15) is 5.26 Å². The fourth-order valence-corrected chi connectivity index (χ4v) is 3.58. The third-order valence-corrected chi connectivity index (χ3v) is 4.82. The summed E-state index contributed by atoms with van der Waals surface area (Å²) in [6.45, 7) is 4.55. The Morgan fingerprint density at radius 1 is 1.33 bits per heavy atom. The van der Waals surface area contributed by atoms with Crippen LogP contribution in [-0.2, 0) is 13.0 Å². The van der Waals surface area contributed by atoms with E-state index in [1.165, 1.54) is 0 Å². The predicted molar refractivity (Wildman–Crippen MR) is 103 cm³/mol. The van der Waals surface area contributed by atoms with E-state index in [-0.39, 0.29) is 17.0 Å². The molecule has 6 heteroatoms. The molecule has 1 aliphatic heterocycles. The first-order valence-electron chi connectivity index (χ1n) is 9.03. The molecule has 0 amide bonds. The van der Waals surface area contributed by atoms with E-state index in [2.05, 4.69) is 13.0 Å². The summed E-state index contributed by atoms with van der Waals surface area (Å²) in [7, 11) is 1.58. The minimum absolute atomic E-state index is 0.0360. The summed E-state index contributed by atoms with van der Waals surface area (Å²) in [5, 5.41) is 9.69. The van der Waals surface area contributed by atoms with Crippen molar-refractivity contribution in [1.82, 2.24) is 4.57 Å². The molecular weight excluding hydrogens is 342 g/mol. The van der Waals surface area contributed by atoms with Gasteiger partial charge in [-0.25, -0.2) is 0 Å². The van der Waals surface area contributed by atoms with E-state index >= 15 is 0 Å². The number of rotatable bonds is 5. The van der Waals surface area contributed by atoms with Crippen LogP contribution in [0.5, 0.6) is 11.5 Å². The summed E-state index contributed by atoms with van der Waals surface area (Å²) < 4.78 is 12.8. The van der Waals surface area contributed by atoms with Crippen LogP contribution in [0.25, 0.3) is 0 Å². The lowest BCUT2D eigenvalue weighted by atomic mass is 9.84. The molecular formula is C21H23N3O3. The van der Waals surface area contributed by atoms with Crippen molar-refractivity contribution in [2.24, 2.45) is 5.73 Å². The van der Waals surface area contributed by atoms with Crippen molar-refractivity contribution < 1.29 is 9.47 Å². The van der Waals surface area contributed by atoms with E-state index in [0.29, 0.717) is 23.6 Å². The minimum atomic E-state index is -0.588. The van der Waals surface area contributed by atoms with Crippen LogP contribution in [0, 0.1) is 11.3 Å². The molecule has 6 nitrogen and oxygen atoms in total. The van der Waals surface area contributed by atoms with Crippen molar-refractivity contribution in [2.75, 3.05) is 7.11 Å². The highest BCUT2D eigenvalue weighted by Crippen LogP contribution is 2.41. The maximum absolute atomic E-state index is 13.3. The fourth-order valence-electron chi connectivity index (χ4n) is 3.58. The van der Waals surface area contributed by atoms with Gasteiger partial charge in [0.15, 0.2) is 0 Å². The molecule has 1 unspecified atom stereocenters. The third-order valence-electron chi connectivity index (χ3n) is 4.82. The van der Waals surface area contributed by atoms with Crippen LogP contribution in [0.3, 0.4) is 0 Å². The molecule has 0 radical (unpaired) electrons.